The molecule has 0 spiro atoms. The van der Waals surface area contributed by atoms with Crippen LogP contribution in [-0.4, -0.2) is 45.2 Å². The van der Waals surface area contributed by atoms with Crippen LogP contribution in [0.3, 0.4) is 0 Å². The summed E-state index contributed by atoms with van der Waals surface area (Å²) < 4.78 is 5.84. The molecule has 3 heteroatoms. The summed E-state index contributed by atoms with van der Waals surface area (Å²) in [6.45, 7) is 4.08. The Morgan fingerprint density at radius 1 is 1.10 bits per heavy atom. The molecule has 1 aliphatic carbocycles. The topological polar surface area (TPSA) is 24.5 Å². The van der Waals surface area contributed by atoms with Crippen molar-refractivity contribution in [3.05, 3.63) is 29.3 Å². The van der Waals surface area contributed by atoms with E-state index >= 15 is 0 Å². The Morgan fingerprint density at radius 2 is 1.95 bits per heavy atom. The highest BCUT2D eigenvalue weighted by Crippen LogP contribution is 2.26. The number of ether oxygens (including phenoxy) is 1. The fourth-order valence-corrected chi connectivity index (χ4v) is 2.61. The monoisotopic (exact) mass is 276 g/mol. The number of aryl methyl sites for hydroxylation is 2. The molecule has 112 valence electrons. The standard InChI is InChI=1S/C17H28N2O/c1-19(2)12-11-18-10-3-4-13-20-17-9-8-15-6-5-7-16(15)14-17/h8-9,14,18H,3-7,10-13H2,1-2H3. The molecule has 2 rings (SSSR count). The van der Waals surface area contributed by atoms with E-state index < -0.39 is 0 Å². The van der Waals surface area contributed by atoms with E-state index in [9.17, 15) is 0 Å². The smallest absolute Gasteiger partial charge is 0.119 e. The first-order valence-electron chi connectivity index (χ1n) is 7.86. The lowest BCUT2D eigenvalue weighted by molar-refractivity contribution is 0.304. The average molecular weight is 276 g/mol. The molecule has 0 aliphatic heterocycles. The lowest BCUT2D eigenvalue weighted by Gasteiger charge is -2.11. The summed E-state index contributed by atoms with van der Waals surface area (Å²) in [5.41, 5.74) is 3.01. The van der Waals surface area contributed by atoms with Crippen LogP contribution in [0.5, 0.6) is 5.75 Å². The molecule has 0 unspecified atom stereocenters. The van der Waals surface area contributed by atoms with Crippen molar-refractivity contribution in [2.75, 3.05) is 40.3 Å². The van der Waals surface area contributed by atoms with Gasteiger partial charge in [0.1, 0.15) is 5.75 Å². The Bertz CT molecular complexity index is 404. The normalized spacial score (nSPS) is 13.8. The number of hydrogen-bond acceptors (Lipinski definition) is 3. The quantitative estimate of drug-likeness (QED) is 0.701. The van der Waals surface area contributed by atoms with Crippen molar-refractivity contribution in [2.24, 2.45) is 0 Å². The highest BCUT2D eigenvalue weighted by atomic mass is 16.5. The van der Waals surface area contributed by atoms with Crippen molar-refractivity contribution in [1.82, 2.24) is 10.2 Å². The van der Waals surface area contributed by atoms with Crippen LogP contribution >= 0.6 is 0 Å². The molecule has 0 aromatic heterocycles. The lowest BCUT2D eigenvalue weighted by atomic mass is 10.1. The van der Waals surface area contributed by atoms with Crippen molar-refractivity contribution in [3.8, 4) is 5.75 Å². The third kappa shape index (κ3) is 5.14. The second-order valence-corrected chi connectivity index (χ2v) is 5.89. The van der Waals surface area contributed by atoms with Crippen molar-refractivity contribution >= 4 is 0 Å². The van der Waals surface area contributed by atoms with Crippen LogP contribution in [0.1, 0.15) is 30.4 Å². The molecule has 3 nitrogen and oxygen atoms in total. The number of nitrogens with zero attached hydrogens (tertiary/aromatic N) is 1. The summed E-state index contributed by atoms with van der Waals surface area (Å²) in [4.78, 5) is 2.20. The van der Waals surface area contributed by atoms with Crippen molar-refractivity contribution < 1.29 is 4.74 Å². The molecule has 0 fully saturated rings. The van der Waals surface area contributed by atoms with Crippen LogP contribution < -0.4 is 10.1 Å². The summed E-state index contributed by atoms with van der Waals surface area (Å²) in [6.07, 6.45) is 6.07. The van der Waals surface area contributed by atoms with E-state index in [2.05, 4.69) is 42.5 Å². The molecular weight excluding hydrogens is 248 g/mol. The van der Waals surface area contributed by atoms with E-state index in [0.29, 0.717) is 0 Å². The first kappa shape index (κ1) is 15.3. The highest BCUT2D eigenvalue weighted by Gasteiger charge is 2.10. The van der Waals surface area contributed by atoms with Crippen LogP contribution in [0.4, 0.5) is 0 Å². The van der Waals surface area contributed by atoms with Gasteiger partial charge in [-0.2, -0.15) is 0 Å². The molecule has 0 saturated carbocycles. The van der Waals surface area contributed by atoms with Gasteiger partial charge in [-0.25, -0.2) is 0 Å². The van der Waals surface area contributed by atoms with Crippen LogP contribution in [0.2, 0.25) is 0 Å². The van der Waals surface area contributed by atoms with E-state index in [1.165, 1.54) is 36.8 Å². The van der Waals surface area contributed by atoms with Gasteiger partial charge in [-0.3, -0.25) is 0 Å². The van der Waals surface area contributed by atoms with Crippen LogP contribution in [0, 0.1) is 0 Å². The minimum absolute atomic E-state index is 0.828. The zero-order chi connectivity index (χ0) is 14.2. The van der Waals surface area contributed by atoms with Gasteiger partial charge >= 0.3 is 0 Å². The van der Waals surface area contributed by atoms with E-state index in [0.717, 1.165) is 38.4 Å². The van der Waals surface area contributed by atoms with Gasteiger partial charge in [-0.05, 0) is 76.0 Å². The second kappa shape index (κ2) is 8.28. The minimum atomic E-state index is 0.828. The summed E-state index contributed by atoms with van der Waals surface area (Å²) in [7, 11) is 4.21. The van der Waals surface area contributed by atoms with E-state index in [1.807, 2.05) is 0 Å². The number of fused-ring (bicyclic) bond motifs is 1. The predicted molar refractivity (Wildman–Crippen MR) is 84.6 cm³/mol. The van der Waals surface area contributed by atoms with Crippen molar-refractivity contribution in [3.63, 3.8) is 0 Å². The fourth-order valence-electron chi connectivity index (χ4n) is 2.61. The number of rotatable bonds is 9. The van der Waals surface area contributed by atoms with Crippen molar-refractivity contribution in [1.29, 1.82) is 0 Å². The zero-order valence-electron chi connectivity index (χ0n) is 13.0. The maximum absolute atomic E-state index is 5.84. The number of benzene rings is 1. The van der Waals surface area contributed by atoms with Gasteiger partial charge in [0, 0.05) is 13.1 Å². The molecular formula is C17H28N2O. The van der Waals surface area contributed by atoms with Crippen LogP contribution in [-0.2, 0) is 12.8 Å². The number of hydrogen-bond donors (Lipinski definition) is 1. The number of likely N-dealkylation sites (N-methyl/N-ethyl adjacent to an activating group) is 1. The van der Waals surface area contributed by atoms with Crippen LogP contribution in [0.25, 0.3) is 0 Å². The fraction of sp³-hybridized carbons (Fsp3) is 0.647. The molecule has 1 aromatic carbocycles. The summed E-state index contributed by atoms with van der Waals surface area (Å²) in [5, 5.41) is 3.45. The van der Waals surface area contributed by atoms with Crippen LogP contribution in [0.15, 0.2) is 18.2 Å². The third-order valence-electron chi connectivity index (χ3n) is 3.82. The molecule has 0 heterocycles. The Hall–Kier alpha value is -1.06. The Labute approximate surface area is 123 Å². The molecule has 1 N–H and O–H groups in total. The van der Waals surface area contributed by atoms with Crippen molar-refractivity contribution in [2.45, 2.75) is 32.1 Å². The van der Waals surface area contributed by atoms with Gasteiger partial charge < -0.3 is 15.0 Å². The molecule has 1 aliphatic rings. The average Bonchev–Trinajstić information content (AvgIpc) is 2.89. The maximum Gasteiger partial charge on any atom is 0.119 e. The molecule has 0 atom stereocenters. The highest BCUT2D eigenvalue weighted by molar-refractivity contribution is 5.38. The predicted octanol–water partition coefficient (Wildman–Crippen LogP) is 2.49. The van der Waals surface area contributed by atoms with E-state index in [1.54, 1.807) is 0 Å². The van der Waals surface area contributed by atoms with E-state index in [4.69, 9.17) is 4.74 Å². The largest absolute Gasteiger partial charge is 0.494 e. The molecule has 20 heavy (non-hydrogen) atoms. The summed E-state index contributed by atoms with van der Waals surface area (Å²) >= 11 is 0. The third-order valence-corrected chi connectivity index (χ3v) is 3.82. The minimum Gasteiger partial charge on any atom is -0.494 e. The maximum atomic E-state index is 5.84. The molecule has 0 saturated heterocycles. The Balaban J connectivity index is 1.53. The molecule has 0 bridgehead atoms. The first-order chi connectivity index (χ1) is 9.75. The number of unbranched alkanes of at least 4 members (excludes halogenated alkanes) is 1. The SMILES string of the molecule is CN(C)CCNCCCCOc1ccc2c(c1)CCC2. The van der Waals surface area contributed by atoms with E-state index in [-0.39, 0.29) is 0 Å². The van der Waals surface area contributed by atoms with Gasteiger partial charge in [0.05, 0.1) is 6.61 Å². The summed E-state index contributed by atoms with van der Waals surface area (Å²) in [6, 6.07) is 6.59. The Kier molecular flexibility index (Phi) is 6.34. The number of nitrogens with one attached hydrogen (secondary N) is 1. The van der Waals surface area contributed by atoms with Gasteiger partial charge in [0.15, 0.2) is 0 Å². The molecule has 0 amide bonds. The van der Waals surface area contributed by atoms with Gasteiger partial charge in [0.2, 0.25) is 0 Å². The van der Waals surface area contributed by atoms with Gasteiger partial charge in [-0.1, -0.05) is 6.07 Å². The lowest BCUT2D eigenvalue weighted by Crippen LogP contribution is -2.27. The molecule has 0 radical (unpaired) electrons. The molecule has 1 aromatic rings. The zero-order valence-corrected chi connectivity index (χ0v) is 13.0. The van der Waals surface area contributed by atoms with Gasteiger partial charge in [-0.15, -0.1) is 0 Å². The van der Waals surface area contributed by atoms with Gasteiger partial charge in [0.25, 0.3) is 0 Å². The first-order valence-corrected chi connectivity index (χ1v) is 7.86. The second-order valence-electron chi connectivity index (χ2n) is 5.89. The summed E-state index contributed by atoms with van der Waals surface area (Å²) in [5.74, 6) is 1.05. The Morgan fingerprint density at radius 3 is 2.80 bits per heavy atom.